The van der Waals surface area contributed by atoms with Crippen molar-refractivity contribution in [1.29, 1.82) is 0 Å². The fourth-order valence-electron chi connectivity index (χ4n) is 2.30. The zero-order valence-corrected chi connectivity index (χ0v) is 11.2. The maximum Gasteiger partial charge on any atom is 0.246 e. The number of benzene rings is 2. The second-order valence-corrected chi connectivity index (χ2v) is 5.10. The first-order valence-electron chi connectivity index (χ1n) is 6.21. The molecule has 1 aliphatic heterocycles. The van der Waals surface area contributed by atoms with E-state index in [0.717, 1.165) is 16.8 Å². The smallest absolute Gasteiger partial charge is 0.246 e. The van der Waals surface area contributed by atoms with E-state index in [1.165, 1.54) is 12.1 Å². The molecule has 5 heteroatoms. The fourth-order valence-corrected chi connectivity index (χ4v) is 2.48. The second-order valence-electron chi connectivity index (χ2n) is 4.66. The third-order valence-corrected chi connectivity index (χ3v) is 3.48. The average Bonchev–Trinajstić information content (AvgIpc) is 2.72. The van der Waals surface area contributed by atoms with E-state index < -0.39 is 6.04 Å². The van der Waals surface area contributed by atoms with E-state index in [9.17, 15) is 9.18 Å². The number of halogens is 2. The molecular formula is C15H12ClFN2O. The van der Waals surface area contributed by atoms with Gasteiger partial charge in [-0.15, -0.1) is 0 Å². The van der Waals surface area contributed by atoms with Gasteiger partial charge in [0.05, 0.1) is 0 Å². The predicted molar refractivity (Wildman–Crippen MR) is 76.1 cm³/mol. The molecule has 1 unspecified atom stereocenters. The van der Waals surface area contributed by atoms with Crippen LogP contribution in [-0.2, 0) is 11.3 Å². The molecule has 1 amide bonds. The quantitative estimate of drug-likeness (QED) is 0.911. The Hall–Kier alpha value is -1.91. The number of hydrogen-bond donors (Lipinski definition) is 2. The summed E-state index contributed by atoms with van der Waals surface area (Å²) in [5.41, 5.74) is 2.36. The van der Waals surface area contributed by atoms with Crippen LogP contribution in [0, 0.1) is 5.82 Å². The molecule has 0 saturated carbocycles. The van der Waals surface area contributed by atoms with Crippen molar-refractivity contribution in [2.75, 3.05) is 5.32 Å². The zero-order valence-electron chi connectivity index (χ0n) is 10.5. The van der Waals surface area contributed by atoms with Crippen molar-refractivity contribution < 1.29 is 9.18 Å². The van der Waals surface area contributed by atoms with Crippen LogP contribution in [0.3, 0.4) is 0 Å². The van der Waals surface area contributed by atoms with Gasteiger partial charge in [0.2, 0.25) is 5.91 Å². The van der Waals surface area contributed by atoms with Crippen molar-refractivity contribution in [3.8, 4) is 0 Å². The van der Waals surface area contributed by atoms with Gasteiger partial charge in [-0.25, -0.2) is 4.39 Å². The number of hydrogen-bond acceptors (Lipinski definition) is 2. The number of carbonyl (C=O) groups excluding carboxylic acids is 1. The minimum Gasteiger partial charge on any atom is -0.324 e. The largest absolute Gasteiger partial charge is 0.324 e. The molecule has 0 saturated heterocycles. The van der Waals surface area contributed by atoms with Crippen molar-refractivity contribution >= 4 is 23.2 Å². The lowest BCUT2D eigenvalue weighted by Crippen LogP contribution is -2.27. The lowest BCUT2D eigenvalue weighted by Gasteiger charge is -2.11. The molecule has 20 heavy (non-hydrogen) atoms. The summed E-state index contributed by atoms with van der Waals surface area (Å²) in [5.74, 6) is -0.415. The minimum atomic E-state index is -0.466. The Labute approximate surface area is 120 Å². The molecule has 0 spiro atoms. The Morgan fingerprint density at radius 1 is 1.25 bits per heavy atom. The standard InChI is InChI=1S/C15H12ClFN2O/c16-10-4-5-13-12(7-10)14(15(20)19-13)18-8-9-2-1-3-11(17)6-9/h1-7,14,18H,8H2,(H,19,20). The van der Waals surface area contributed by atoms with Crippen LogP contribution in [0.15, 0.2) is 42.5 Å². The monoisotopic (exact) mass is 290 g/mol. The van der Waals surface area contributed by atoms with Crippen LogP contribution in [-0.4, -0.2) is 5.91 Å². The van der Waals surface area contributed by atoms with Gasteiger partial charge in [0.1, 0.15) is 11.9 Å². The summed E-state index contributed by atoms with van der Waals surface area (Å²) in [4.78, 5) is 11.9. The second kappa shape index (κ2) is 5.23. The van der Waals surface area contributed by atoms with Crippen LogP contribution in [0.4, 0.5) is 10.1 Å². The number of nitrogens with one attached hydrogen (secondary N) is 2. The van der Waals surface area contributed by atoms with Crippen LogP contribution in [0.25, 0.3) is 0 Å². The first-order chi connectivity index (χ1) is 9.63. The number of amides is 1. The minimum absolute atomic E-state index is 0.126. The SMILES string of the molecule is O=C1Nc2ccc(Cl)cc2C1NCc1cccc(F)c1. The van der Waals surface area contributed by atoms with Crippen LogP contribution < -0.4 is 10.6 Å². The lowest BCUT2D eigenvalue weighted by atomic mass is 10.1. The zero-order chi connectivity index (χ0) is 14.1. The van der Waals surface area contributed by atoms with Crippen LogP contribution in [0.2, 0.25) is 5.02 Å². The van der Waals surface area contributed by atoms with E-state index in [1.54, 1.807) is 24.3 Å². The van der Waals surface area contributed by atoms with Gasteiger partial charge in [-0.3, -0.25) is 10.1 Å². The third-order valence-electron chi connectivity index (χ3n) is 3.24. The van der Waals surface area contributed by atoms with E-state index in [2.05, 4.69) is 10.6 Å². The van der Waals surface area contributed by atoms with Gasteiger partial charge in [-0.1, -0.05) is 23.7 Å². The molecule has 0 fully saturated rings. The molecule has 0 aliphatic carbocycles. The number of rotatable bonds is 3. The molecule has 1 heterocycles. The highest BCUT2D eigenvalue weighted by atomic mass is 35.5. The molecule has 2 aromatic rings. The molecule has 102 valence electrons. The highest BCUT2D eigenvalue weighted by Gasteiger charge is 2.30. The molecule has 3 nitrogen and oxygen atoms in total. The van der Waals surface area contributed by atoms with E-state index in [1.807, 2.05) is 6.07 Å². The van der Waals surface area contributed by atoms with Crippen molar-refractivity contribution in [3.63, 3.8) is 0 Å². The van der Waals surface area contributed by atoms with Crippen LogP contribution >= 0.6 is 11.6 Å². The maximum atomic E-state index is 13.1. The third kappa shape index (κ3) is 2.53. The van der Waals surface area contributed by atoms with Gasteiger partial charge in [-0.05, 0) is 35.9 Å². The van der Waals surface area contributed by atoms with Crippen molar-refractivity contribution in [2.45, 2.75) is 12.6 Å². The Kier molecular flexibility index (Phi) is 3.42. The van der Waals surface area contributed by atoms with Gasteiger partial charge < -0.3 is 5.32 Å². The summed E-state index contributed by atoms with van der Waals surface area (Å²) < 4.78 is 13.1. The number of carbonyl (C=O) groups is 1. The molecule has 0 radical (unpaired) electrons. The van der Waals surface area contributed by atoms with Crippen LogP contribution in [0.1, 0.15) is 17.2 Å². The summed E-state index contributed by atoms with van der Waals surface area (Å²) in [6.45, 7) is 0.405. The first kappa shape index (κ1) is 13.1. The Bertz CT molecular complexity index is 675. The highest BCUT2D eigenvalue weighted by molar-refractivity contribution is 6.31. The summed E-state index contributed by atoms with van der Waals surface area (Å²) in [6, 6.07) is 11.1. The van der Waals surface area contributed by atoms with Gasteiger partial charge in [0.15, 0.2) is 0 Å². The van der Waals surface area contributed by atoms with E-state index in [4.69, 9.17) is 11.6 Å². The fraction of sp³-hybridized carbons (Fsp3) is 0.133. The number of anilines is 1. The van der Waals surface area contributed by atoms with Crippen LogP contribution in [0.5, 0.6) is 0 Å². The molecule has 0 bridgehead atoms. The molecule has 1 atom stereocenters. The van der Waals surface area contributed by atoms with Crippen molar-refractivity contribution in [3.05, 3.63) is 64.4 Å². The topological polar surface area (TPSA) is 41.1 Å². The molecular weight excluding hydrogens is 279 g/mol. The summed E-state index contributed by atoms with van der Waals surface area (Å²) in [5, 5.41) is 6.49. The Morgan fingerprint density at radius 2 is 2.10 bits per heavy atom. The van der Waals surface area contributed by atoms with E-state index in [-0.39, 0.29) is 11.7 Å². The normalized spacial score (nSPS) is 16.9. The van der Waals surface area contributed by atoms with Crippen molar-refractivity contribution in [1.82, 2.24) is 5.32 Å². The lowest BCUT2D eigenvalue weighted by molar-refractivity contribution is -0.117. The summed E-state index contributed by atoms with van der Waals surface area (Å²) in [6.07, 6.45) is 0. The highest BCUT2D eigenvalue weighted by Crippen LogP contribution is 2.32. The summed E-state index contributed by atoms with van der Waals surface area (Å²) >= 11 is 5.96. The van der Waals surface area contributed by atoms with E-state index in [0.29, 0.717) is 11.6 Å². The first-order valence-corrected chi connectivity index (χ1v) is 6.59. The van der Waals surface area contributed by atoms with Gasteiger partial charge in [0.25, 0.3) is 0 Å². The maximum absolute atomic E-state index is 13.1. The molecule has 0 aromatic heterocycles. The number of fused-ring (bicyclic) bond motifs is 1. The average molecular weight is 291 g/mol. The molecule has 2 N–H and O–H groups in total. The van der Waals surface area contributed by atoms with Crippen molar-refractivity contribution in [2.24, 2.45) is 0 Å². The van der Waals surface area contributed by atoms with Gasteiger partial charge >= 0.3 is 0 Å². The van der Waals surface area contributed by atoms with E-state index >= 15 is 0 Å². The summed E-state index contributed by atoms with van der Waals surface area (Å²) in [7, 11) is 0. The molecule has 3 rings (SSSR count). The van der Waals surface area contributed by atoms with Gasteiger partial charge in [0, 0.05) is 22.8 Å². The van der Waals surface area contributed by atoms with Gasteiger partial charge in [-0.2, -0.15) is 0 Å². The molecule has 2 aromatic carbocycles. The Morgan fingerprint density at radius 3 is 2.90 bits per heavy atom. The molecule has 1 aliphatic rings. The predicted octanol–water partition coefficient (Wildman–Crippen LogP) is 3.26. The Balaban J connectivity index is 1.78.